The zero-order chi connectivity index (χ0) is 10.9. The first-order valence-electron chi connectivity index (χ1n) is 5.42. The first kappa shape index (κ1) is 15.4. The van der Waals surface area contributed by atoms with Crippen LogP contribution in [0.1, 0.15) is 41.5 Å². The Bertz CT molecular complexity index is 94.8. The van der Waals surface area contributed by atoms with Gasteiger partial charge in [-0.05, 0) is 34.4 Å². The molecule has 0 unspecified atom stereocenters. The van der Waals surface area contributed by atoms with Crippen molar-refractivity contribution in [1.29, 1.82) is 0 Å². The summed E-state index contributed by atoms with van der Waals surface area (Å²) in [7, 11) is 2.00. The molecular weight excluding hydrogens is 160 g/mol. The van der Waals surface area contributed by atoms with Crippen LogP contribution in [0, 0.1) is 0 Å². The van der Waals surface area contributed by atoms with Crippen molar-refractivity contribution in [1.82, 2.24) is 10.2 Å². The zero-order valence-corrected chi connectivity index (χ0v) is 10.6. The second-order valence-corrected chi connectivity index (χ2v) is 3.85. The summed E-state index contributed by atoms with van der Waals surface area (Å²) in [6.07, 6.45) is 0. The third-order valence-corrected chi connectivity index (χ3v) is 1.96. The summed E-state index contributed by atoms with van der Waals surface area (Å²) in [6, 6.07) is 0. The minimum Gasteiger partial charge on any atom is -0.318 e. The van der Waals surface area contributed by atoms with Crippen LogP contribution in [-0.4, -0.2) is 37.1 Å². The molecule has 0 aliphatic carbocycles. The predicted octanol–water partition coefficient (Wildman–Crippen LogP) is 2.35. The van der Waals surface area contributed by atoms with Crippen LogP contribution < -0.4 is 5.32 Å². The van der Waals surface area contributed by atoms with Crippen LogP contribution in [-0.2, 0) is 0 Å². The Morgan fingerprint density at radius 3 is 1.85 bits per heavy atom. The average Bonchev–Trinajstić information content (AvgIpc) is 2.07. The molecule has 0 heterocycles. The van der Waals surface area contributed by atoms with Crippen molar-refractivity contribution >= 4 is 0 Å². The summed E-state index contributed by atoms with van der Waals surface area (Å²) in [5.74, 6) is 0. The van der Waals surface area contributed by atoms with Gasteiger partial charge in [-0.25, -0.2) is 0 Å². The highest BCUT2D eigenvalue weighted by molar-refractivity contribution is 4.75. The standard InChI is InChI=1S/C9H22N2.C2H6/c1-6-11(8-7-10-5)9(2,3)4;1-2/h10H,6-8H2,1-5H3;1-2H3. The highest BCUT2D eigenvalue weighted by atomic mass is 15.2. The molecule has 82 valence electrons. The molecule has 0 aromatic heterocycles. The van der Waals surface area contributed by atoms with Crippen LogP contribution in [0.2, 0.25) is 0 Å². The van der Waals surface area contributed by atoms with Gasteiger partial charge < -0.3 is 5.32 Å². The second-order valence-electron chi connectivity index (χ2n) is 3.85. The van der Waals surface area contributed by atoms with Gasteiger partial charge in [0.15, 0.2) is 0 Å². The van der Waals surface area contributed by atoms with Gasteiger partial charge in [-0.3, -0.25) is 4.90 Å². The third kappa shape index (κ3) is 8.26. The van der Waals surface area contributed by atoms with Gasteiger partial charge in [-0.15, -0.1) is 0 Å². The Hall–Kier alpha value is -0.0800. The third-order valence-electron chi connectivity index (χ3n) is 1.96. The summed E-state index contributed by atoms with van der Waals surface area (Å²) in [5, 5.41) is 3.16. The van der Waals surface area contributed by atoms with E-state index in [9.17, 15) is 0 Å². The molecule has 0 aromatic rings. The summed E-state index contributed by atoms with van der Waals surface area (Å²) in [4.78, 5) is 2.46. The highest BCUT2D eigenvalue weighted by Gasteiger charge is 2.17. The van der Waals surface area contributed by atoms with E-state index in [1.54, 1.807) is 0 Å². The zero-order valence-electron chi connectivity index (χ0n) is 10.6. The number of nitrogens with zero attached hydrogens (tertiary/aromatic N) is 1. The van der Waals surface area contributed by atoms with Crippen molar-refractivity contribution in [2.75, 3.05) is 26.7 Å². The number of nitrogens with one attached hydrogen (secondary N) is 1. The quantitative estimate of drug-likeness (QED) is 0.728. The van der Waals surface area contributed by atoms with Gasteiger partial charge in [0.25, 0.3) is 0 Å². The number of hydrogen-bond acceptors (Lipinski definition) is 2. The molecule has 0 spiro atoms. The van der Waals surface area contributed by atoms with E-state index in [0.717, 1.165) is 19.6 Å². The maximum Gasteiger partial charge on any atom is 0.0125 e. The monoisotopic (exact) mass is 188 g/mol. The Kier molecular flexibility index (Phi) is 10.1. The summed E-state index contributed by atoms with van der Waals surface area (Å²) >= 11 is 0. The molecule has 13 heavy (non-hydrogen) atoms. The molecule has 0 bridgehead atoms. The minimum absolute atomic E-state index is 0.311. The lowest BCUT2D eigenvalue weighted by atomic mass is 10.1. The molecule has 0 rings (SSSR count). The van der Waals surface area contributed by atoms with Gasteiger partial charge in [0.2, 0.25) is 0 Å². The number of rotatable bonds is 4. The molecular formula is C11H28N2. The van der Waals surface area contributed by atoms with Gasteiger partial charge in [0, 0.05) is 18.6 Å². The Labute approximate surface area is 84.7 Å². The molecule has 0 aromatic carbocycles. The Morgan fingerprint density at radius 2 is 1.62 bits per heavy atom. The second kappa shape index (κ2) is 8.52. The molecule has 0 aliphatic rings. The lowest BCUT2D eigenvalue weighted by Gasteiger charge is -2.34. The Balaban J connectivity index is 0. The van der Waals surface area contributed by atoms with Crippen molar-refractivity contribution in [3.8, 4) is 0 Å². The van der Waals surface area contributed by atoms with Crippen LogP contribution in [0.25, 0.3) is 0 Å². The first-order chi connectivity index (χ1) is 6.02. The van der Waals surface area contributed by atoms with Crippen molar-refractivity contribution in [3.05, 3.63) is 0 Å². The molecule has 0 fully saturated rings. The fraction of sp³-hybridized carbons (Fsp3) is 1.00. The molecule has 1 N–H and O–H groups in total. The van der Waals surface area contributed by atoms with E-state index in [4.69, 9.17) is 0 Å². The van der Waals surface area contributed by atoms with Crippen LogP contribution >= 0.6 is 0 Å². The van der Waals surface area contributed by atoms with E-state index in [0.29, 0.717) is 5.54 Å². The summed E-state index contributed by atoms with van der Waals surface area (Å²) < 4.78 is 0. The minimum atomic E-state index is 0.311. The van der Waals surface area contributed by atoms with Crippen molar-refractivity contribution in [2.45, 2.75) is 47.1 Å². The number of hydrogen-bond donors (Lipinski definition) is 1. The molecule has 0 saturated heterocycles. The Morgan fingerprint density at radius 1 is 1.15 bits per heavy atom. The first-order valence-corrected chi connectivity index (χ1v) is 5.42. The largest absolute Gasteiger partial charge is 0.318 e. The van der Waals surface area contributed by atoms with Gasteiger partial charge in [0.05, 0.1) is 0 Å². The average molecular weight is 188 g/mol. The molecule has 0 atom stereocenters. The predicted molar refractivity (Wildman–Crippen MR) is 62.3 cm³/mol. The lowest BCUT2D eigenvalue weighted by Crippen LogP contribution is -2.44. The van der Waals surface area contributed by atoms with E-state index < -0.39 is 0 Å². The van der Waals surface area contributed by atoms with Gasteiger partial charge in [-0.2, -0.15) is 0 Å². The van der Waals surface area contributed by atoms with E-state index in [-0.39, 0.29) is 0 Å². The van der Waals surface area contributed by atoms with E-state index >= 15 is 0 Å². The fourth-order valence-corrected chi connectivity index (χ4v) is 1.21. The topological polar surface area (TPSA) is 15.3 Å². The SMILES string of the molecule is CC.CCN(CCNC)C(C)(C)C. The normalized spacial score (nSPS) is 11.1. The highest BCUT2D eigenvalue weighted by Crippen LogP contribution is 2.10. The molecule has 2 heteroatoms. The fourth-order valence-electron chi connectivity index (χ4n) is 1.21. The molecule has 2 nitrogen and oxygen atoms in total. The lowest BCUT2D eigenvalue weighted by molar-refractivity contribution is 0.147. The van der Waals surface area contributed by atoms with Crippen molar-refractivity contribution in [3.63, 3.8) is 0 Å². The summed E-state index contributed by atoms with van der Waals surface area (Å²) in [5.41, 5.74) is 0.311. The summed E-state index contributed by atoms with van der Waals surface area (Å²) in [6.45, 7) is 16.3. The van der Waals surface area contributed by atoms with Crippen LogP contribution in [0.15, 0.2) is 0 Å². The molecule has 0 radical (unpaired) electrons. The van der Waals surface area contributed by atoms with Crippen LogP contribution in [0.4, 0.5) is 0 Å². The maximum absolute atomic E-state index is 3.16. The van der Waals surface area contributed by atoms with Gasteiger partial charge in [0.1, 0.15) is 0 Å². The van der Waals surface area contributed by atoms with Gasteiger partial charge in [-0.1, -0.05) is 20.8 Å². The molecule has 0 amide bonds. The van der Waals surface area contributed by atoms with E-state index in [1.165, 1.54) is 0 Å². The van der Waals surface area contributed by atoms with Crippen molar-refractivity contribution < 1.29 is 0 Å². The van der Waals surface area contributed by atoms with Crippen LogP contribution in [0.3, 0.4) is 0 Å². The van der Waals surface area contributed by atoms with Gasteiger partial charge >= 0.3 is 0 Å². The van der Waals surface area contributed by atoms with Crippen LogP contribution in [0.5, 0.6) is 0 Å². The maximum atomic E-state index is 3.16. The molecule has 0 saturated carbocycles. The number of likely N-dealkylation sites (N-methyl/N-ethyl adjacent to an activating group) is 2. The molecule has 0 aliphatic heterocycles. The van der Waals surface area contributed by atoms with Crippen molar-refractivity contribution in [2.24, 2.45) is 0 Å². The smallest absolute Gasteiger partial charge is 0.0125 e. The van der Waals surface area contributed by atoms with E-state index in [1.807, 2.05) is 20.9 Å². The van der Waals surface area contributed by atoms with E-state index in [2.05, 4.69) is 37.9 Å².